The Morgan fingerprint density at radius 2 is 1.82 bits per heavy atom. The summed E-state index contributed by atoms with van der Waals surface area (Å²) in [6, 6.07) is 0. The van der Waals surface area contributed by atoms with Gasteiger partial charge in [0.1, 0.15) is 0 Å². The van der Waals surface area contributed by atoms with Gasteiger partial charge < -0.3 is 0 Å². The summed E-state index contributed by atoms with van der Waals surface area (Å²) in [6.07, 6.45) is 6.40. The van der Waals surface area contributed by atoms with E-state index in [9.17, 15) is 0 Å². The summed E-state index contributed by atoms with van der Waals surface area (Å²) >= 11 is 0. The Hall–Kier alpha value is -0.780. The van der Waals surface area contributed by atoms with Crippen molar-refractivity contribution in [2.24, 2.45) is 35.0 Å². The van der Waals surface area contributed by atoms with Crippen molar-refractivity contribution in [3.63, 3.8) is 0 Å². The quantitative estimate of drug-likeness (QED) is 0.473. The molecule has 2 aliphatic rings. The Morgan fingerprint density at radius 3 is 2.36 bits per heavy atom. The van der Waals surface area contributed by atoms with Crippen LogP contribution in [-0.2, 0) is 0 Å². The van der Waals surface area contributed by atoms with Crippen LogP contribution in [0.25, 0.3) is 0 Å². The number of hydrogen-bond donors (Lipinski definition) is 0. The molecule has 0 aromatic carbocycles. The molecule has 0 radical (unpaired) electrons. The molecule has 124 valence electrons. The second-order valence-corrected chi connectivity index (χ2v) is 8.93. The second-order valence-electron chi connectivity index (χ2n) is 8.93. The molecule has 4 unspecified atom stereocenters. The summed E-state index contributed by atoms with van der Waals surface area (Å²) in [7, 11) is 0. The molecule has 0 aromatic rings. The van der Waals surface area contributed by atoms with Crippen LogP contribution in [0.3, 0.4) is 0 Å². The average Bonchev–Trinajstić information content (AvgIpc) is 2.78. The summed E-state index contributed by atoms with van der Waals surface area (Å²) < 4.78 is 0. The lowest BCUT2D eigenvalue weighted by molar-refractivity contribution is 0.308. The van der Waals surface area contributed by atoms with Crippen LogP contribution in [-0.4, -0.2) is 0 Å². The van der Waals surface area contributed by atoms with E-state index in [0.29, 0.717) is 29.1 Å². The van der Waals surface area contributed by atoms with Gasteiger partial charge in [-0.3, -0.25) is 0 Å². The molecule has 22 heavy (non-hydrogen) atoms. The first-order chi connectivity index (χ1) is 10.2. The van der Waals surface area contributed by atoms with Crippen LogP contribution in [0.5, 0.6) is 0 Å². The number of allylic oxidation sites excluding steroid dienone is 3. The molecule has 2 rings (SSSR count). The van der Waals surface area contributed by atoms with Crippen molar-refractivity contribution >= 4 is 0 Å². The van der Waals surface area contributed by atoms with Crippen LogP contribution in [0.15, 0.2) is 36.5 Å². The molecule has 0 saturated heterocycles. The van der Waals surface area contributed by atoms with Crippen LogP contribution in [0.4, 0.5) is 0 Å². The molecule has 2 fully saturated rings. The Bertz CT molecular complexity index is 464. The van der Waals surface area contributed by atoms with Crippen molar-refractivity contribution in [3.05, 3.63) is 36.5 Å². The van der Waals surface area contributed by atoms with E-state index < -0.39 is 0 Å². The summed E-state index contributed by atoms with van der Waals surface area (Å²) in [5, 5.41) is 0. The van der Waals surface area contributed by atoms with Gasteiger partial charge in [0, 0.05) is 5.92 Å². The van der Waals surface area contributed by atoms with E-state index >= 15 is 0 Å². The van der Waals surface area contributed by atoms with E-state index in [4.69, 9.17) is 0 Å². The van der Waals surface area contributed by atoms with Crippen LogP contribution >= 0.6 is 0 Å². The Morgan fingerprint density at radius 1 is 1.18 bits per heavy atom. The molecule has 0 aromatic heterocycles. The van der Waals surface area contributed by atoms with Gasteiger partial charge in [0.25, 0.3) is 0 Å². The first-order valence-electron chi connectivity index (χ1n) is 9.24. The van der Waals surface area contributed by atoms with Crippen LogP contribution in [0, 0.1) is 35.0 Å². The molecule has 0 aliphatic heterocycles. The smallest absolute Gasteiger partial charge is 0.0219 e. The third-order valence-electron chi connectivity index (χ3n) is 6.47. The molecule has 2 bridgehead atoms. The largest absolute Gasteiger partial charge is 0.0986 e. The minimum atomic E-state index is 0.332. The average molecular weight is 301 g/mol. The fraction of sp³-hybridized carbons (Fsp3) is 0.727. The van der Waals surface area contributed by atoms with Gasteiger partial charge in [-0.05, 0) is 54.8 Å². The van der Waals surface area contributed by atoms with Gasteiger partial charge in [0.05, 0.1) is 0 Å². The minimum Gasteiger partial charge on any atom is -0.0986 e. The third kappa shape index (κ3) is 3.12. The lowest BCUT2D eigenvalue weighted by atomic mass is 9.62. The van der Waals surface area contributed by atoms with Crippen LogP contribution in [0.2, 0.25) is 0 Å². The molecular formula is C22H36. The van der Waals surface area contributed by atoms with E-state index in [0.717, 1.165) is 5.92 Å². The predicted octanol–water partition coefficient (Wildman–Crippen LogP) is 6.80. The van der Waals surface area contributed by atoms with Gasteiger partial charge in [0.2, 0.25) is 0 Å². The van der Waals surface area contributed by atoms with Gasteiger partial charge in [-0.25, -0.2) is 0 Å². The van der Waals surface area contributed by atoms with Gasteiger partial charge in [-0.15, -0.1) is 0 Å². The molecule has 0 spiro atoms. The first kappa shape index (κ1) is 17.6. The summed E-state index contributed by atoms with van der Waals surface area (Å²) in [5.41, 5.74) is 4.56. The zero-order valence-electron chi connectivity index (χ0n) is 15.5. The van der Waals surface area contributed by atoms with E-state index in [1.165, 1.54) is 48.8 Å². The molecular weight excluding hydrogens is 264 g/mol. The van der Waals surface area contributed by atoms with E-state index in [1.807, 2.05) is 0 Å². The number of hydrogen-bond acceptors (Lipinski definition) is 0. The molecule has 0 heteroatoms. The van der Waals surface area contributed by atoms with Gasteiger partial charge in [-0.1, -0.05) is 77.5 Å². The molecule has 0 amide bonds. The molecule has 2 saturated carbocycles. The Labute approximate surface area is 138 Å². The van der Waals surface area contributed by atoms with Crippen molar-refractivity contribution in [1.82, 2.24) is 0 Å². The SMILES string of the molecule is C=C1C2CCC(C)(C2)C(=C)C1C(=C)C(CCC(C)C)C(C)C. The van der Waals surface area contributed by atoms with Crippen molar-refractivity contribution < 1.29 is 0 Å². The van der Waals surface area contributed by atoms with Crippen molar-refractivity contribution in [1.29, 1.82) is 0 Å². The highest BCUT2D eigenvalue weighted by atomic mass is 14.5. The first-order valence-corrected chi connectivity index (χ1v) is 9.24. The maximum absolute atomic E-state index is 4.58. The minimum absolute atomic E-state index is 0.332. The zero-order valence-corrected chi connectivity index (χ0v) is 15.5. The summed E-state index contributed by atoms with van der Waals surface area (Å²) in [5.74, 6) is 3.09. The van der Waals surface area contributed by atoms with Gasteiger partial charge in [0.15, 0.2) is 0 Å². The zero-order chi connectivity index (χ0) is 16.7. The topological polar surface area (TPSA) is 0 Å². The van der Waals surface area contributed by atoms with Crippen molar-refractivity contribution in [2.75, 3.05) is 0 Å². The molecule has 0 nitrogen and oxygen atoms in total. The number of rotatable bonds is 6. The van der Waals surface area contributed by atoms with Crippen LogP contribution in [0.1, 0.15) is 66.7 Å². The summed E-state index contributed by atoms with van der Waals surface area (Å²) in [6.45, 7) is 25.4. The fourth-order valence-electron chi connectivity index (χ4n) is 4.79. The lowest BCUT2D eigenvalue weighted by Gasteiger charge is -2.43. The van der Waals surface area contributed by atoms with Gasteiger partial charge in [-0.2, -0.15) is 0 Å². The van der Waals surface area contributed by atoms with Crippen molar-refractivity contribution in [3.8, 4) is 0 Å². The second kappa shape index (κ2) is 6.38. The Balaban J connectivity index is 2.22. The fourth-order valence-corrected chi connectivity index (χ4v) is 4.79. The molecule has 0 N–H and O–H groups in total. The monoisotopic (exact) mass is 300 g/mol. The Kier molecular flexibility index (Phi) is 5.09. The number of fused-ring (bicyclic) bond motifs is 2. The van der Waals surface area contributed by atoms with E-state index in [-0.39, 0.29) is 0 Å². The normalized spacial score (nSPS) is 32.9. The van der Waals surface area contributed by atoms with Crippen molar-refractivity contribution in [2.45, 2.75) is 66.7 Å². The van der Waals surface area contributed by atoms with Crippen LogP contribution < -0.4 is 0 Å². The summed E-state index contributed by atoms with van der Waals surface area (Å²) in [4.78, 5) is 0. The third-order valence-corrected chi connectivity index (χ3v) is 6.47. The maximum atomic E-state index is 4.58. The highest BCUT2D eigenvalue weighted by molar-refractivity contribution is 5.40. The lowest BCUT2D eigenvalue weighted by Crippen LogP contribution is -2.32. The molecule has 4 atom stereocenters. The molecule has 0 heterocycles. The maximum Gasteiger partial charge on any atom is 0.0219 e. The predicted molar refractivity (Wildman–Crippen MR) is 98.8 cm³/mol. The standard InChI is InChI=1S/C22H36/c1-14(2)9-10-20(15(3)4)17(6)21-16(5)19-11-12-22(8,13-19)18(21)7/h14-15,19-21H,5-7,9-13H2,1-4,8H3. The van der Waals surface area contributed by atoms with E-state index in [2.05, 4.69) is 54.4 Å². The molecule has 2 aliphatic carbocycles. The highest BCUT2D eigenvalue weighted by Crippen LogP contribution is 2.59. The highest BCUT2D eigenvalue weighted by Gasteiger charge is 2.48. The van der Waals surface area contributed by atoms with E-state index in [1.54, 1.807) is 0 Å². The van der Waals surface area contributed by atoms with Gasteiger partial charge >= 0.3 is 0 Å².